The summed E-state index contributed by atoms with van der Waals surface area (Å²) >= 11 is 0. The van der Waals surface area contributed by atoms with E-state index in [1.165, 1.54) is 9.36 Å². The van der Waals surface area contributed by atoms with Gasteiger partial charge in [0.15, 0.2) is 0 Å². The number of benzene rings is 3. The minimum Gasteiger partial charge on any atom is -0.265 e. The Kier molecular flexibility index (Phi) is 6.29. The number of aromatic nitrogens is 4. The SMILES string of the molecule is Fc1c[c-]c(-c2ccn(-c3ccccc3-n3ccc(-c4[c-]cc(F)cc4F)n3)n2)c(F)c1.[Pt+2]. The molecule has 5 aromatic rings. The molecular formula is C24H12F4N4Pt. The summed E-state index contributed by atoms with van der Waals surface area (Å²) in [5.74, 6) is -2.98. The maximum atomic E-state index is 14.1. The van der Waals surface area contributed by atoms with Gasteiger partial charge in [-0.25, -0.2) is 19.6 Å². The number of halogens is 4. The molecule has 0 aliphatic carbocycles. The number of hydrogen-bond acceptors (Lipinski definition) is 2. The van der Waals surface area contributed by atoms with E-state index in [0.717, 1.165) is 24.3 Å². The van der Waals surface area contributed by atoms with E-state index >= 15 is 0 Å². The predicted octanol–water partition coefficient (Wildman–Crippen LogP) is 5.55. The third-order valence-electron chi connectivity index (χ3n) is 4.78. The molecule has 0 spiro atoms. The average molecular weight is 627 g/mol. The molecule has 166 valence electrons. The van der Waals surface area contributed by atoms with Crippen molar-refractivity contribution >= 4 is 0 Å². The molecule has 2 heterocycles. The smallest absolute Gasteiger partial charge is 0.265 e. The van der Waals surface area contributed by atoms with Crippen LogP contribution in [0.3, 0.4) is 0 Å². The molecule has 2 aromatic heterocycles. The van der Waals surface area contributed by atoms with Crippen LogP contribution < -0.4 is 0 Å². The predicted molar refractivity (Wildman–Crippen MR) is 109 cm³/mol. The van der Waals surface area contributed by atoms with Gasteiger partial charge in [-0.05, 0) is 12.1 Å². The van der Waals surface area contributed by atoms with Gasteiger partial charge in [-0.2, -0.15) is 0 Å². The summed E-state index contributed by atoms with van der Waals surface area (Å²) in [6.07, 6.45) is 3.26. The summed E-state index contributed by atoms with van der Waals surface area (Å²) in [6.45, 7) is 0. The zero-order valence-electron chi connectivity index (χ0n) is 16.5. The van der Waals surface area contributed by atoms with Crippen molar-refractivity contribution in [2.24, 2.45) is 0 Å². The van der Waals surface area contributed by atoms with Gasteiger partial charge in [0.25, 0.3) is 0 Å². The standard InChI is InChI=1S/C24H12F4N4.Pt/c25-15-5-7-17(19(27)13-15)21-9-11-31(29-21)23-3-1-2-4-24(23)32-12-10-22(30-32)18-8-6-16(26)14-20(18)28;/h1-6,9-14H;/q-2;+2. The molecule has 9 heteroatoms. The van der Waals surface area contributed by atoms with Gasteiger partial charge < -0.3 is 0 Å². The molecule has 5 rings (SSSR count). The van der Waals surface area contributed by atoms with Crippen molar-refractivity contribution in [1.29, 1.82) is 0 Å². The molecule has 0 amide bonds. The van der Waals surface area contributed by atoms with Gasteiger partial charge in [-0.1, -0.05) is 47.5 Å². The van der Waals surface area contributed by atoms with E-state index in [2.05, 4.69) is 22.3 Å². The van der Waals surface area contributed by atoms with E-state index in [9.17, 15) is 17.6 Å². The van der Waals surface area contributed by atoms with Crippen LogP contribution in [-0.2, 0) is 21.1 Å². The third-order valence-corrected chi connectivity index (χ3v) is 4.78. The molecule has 0 aliphatic heterocycles. The summed E-state index contributed by atoms with van der Waals surface area (Å²) in [4.78, 5) is 0. The van der Waals surface area contributed by atoms with Crippen LogP contribution in [0.2, 0.25) is 0 Å². The largest absolute Gasteiger partial charge is 2.00 e. The quantitative estimate of drug-likeness (QED) is 0.194. The Hall–Kier alpha value is -3.51. The van der Waals surface area contributed by atoms with Crippen molar-refractivity contribution < 1.29 is 38.6 Å². The molecular weight excluding hydrogens is 615 g/mol. The average Bonchev–Trinajstić information content (AvgIpc) is 3.44. The van der Waals surface area contributed by atoms with Gasteiger partial charge in [0, 0.05) is 47.1 Å². The van der Waals surface area contributed by atoms with Gasteiger partial charge >= 0.3 is 21.1 Å². The Morgan fingerprint density at radius 1 is 0.636 bits per heavy atom. The van der Waals surface area contributed by atoms with Crippen molar-refractivity contribution in [3.8, 4) is 33.9 Å². The Balaban J connectivity index is 0.00000259. The molecule has 0 saturated carbocycles. The van der Waals surface area contributed by atoms with E-state index < -0.39 is 23.3 Å². The monoisotopic (exact) mass is 627 g/mol. The Bertz CT molecular complexity index is 1340. The second-order valence-corrected chi connectivity index (χ2v) is 6.86. The van der Waals surface area contributed by atoms with Gasteiger partial charge in [-0.3, -0.25) is 17.6 Å². The van der Waals surface area contributed by atoms with E-state index in [-0.39, 0.29) is 43.6 Å². The molecule has 0 fully saturated rings. The van der Waals surface area contributed by atoms with Crippen LogP contribution in [0, 0.1) is 35.4 Å². The summed E-state index contributed by atoms with van der Waals surface area (Å²) in [6, 6.07) is 19.1. The molecule has 0 unspecified atom stereocenters. The van der Waals surface area contributed by atoms with Crippen molar-refractivity contribution in [3.63, 3.8) is 0 Å². The topological polar surface area (TPSA) is 35.6 Å². The molecule has 0 saturated heterocycles. The zero-order valence-corrected chi connectivity index (χ0v) is 18.8. The maximum absolute atomic E-state index is 14.1. The Morgan fingerprint density at radius 3 is 1.45 bits per heavy atom. The van der Waals surface area contributed by atoms with Crippen LogP contribution in [0.4, 0.5) is 17.6 Å². The summed E-state index contributed by atoms with van der Waals surface area (Å²) in [7, 11) is 0. The van der Waals surface area contributed by atoms with Crippen LogP contribution >= 0.6 is 0 Å². The first-order valence-corrected chi connectivity index (χ1v) is 9.45. The normalized spacial score (nSPS) is 10.8. The van der Waals surface area contributed by atoms with Crippen LogP contribution in [0.15, 0.2) is 73.1 Å². The molecule has 0 bridgehead atoms. The van der Waals surface area contributed by atoms with E-state index in [1.807, 2.05) is 0 Å². The molecule has 0 N–H and O–H groups in total. The van der Waals surface area contributed by atoms with Crippen molar-refractivity contribution in [2.75, 3.05) is 0 Å². The van der Waals surface area contributed by atoms with E-state index in [0.29, 0.717) is 11.4 Å². The Morgan fingerprint density at radius 2 is 1.06 bits per heavy atom. The molecule has 33 heavy (non-hydrogen) atoms. The van der Waals surface area contributed by atoms with Crippen LogP contribution in [-0.4, -0.2) is 19.6 Å². The second-order valence-electron chi connectivity index (χ2n) is 6.86. The fourth-order valence-electron chi connectivity index (χ4n) is 3.32. The Labute approximate surface area is 200 Å². The van der Waals surface area contributed by atoms with Crippen molar-refractivity contribution in [3.05, 3.63) is 108 Å². The number of nitrogens with zero attached hydrogens (tertiary/aromatic N) is 4. The van der Waals surface area contributed by atoms with E-state index in [4.69, 9.17) is 0 Å². The molecule has 0 aliphatic rings. The van der Waals surface area contributed by atoms with Gasteiger partial charge in [-0.15, -0.1) is 24.3 Å². The molecule has 4 nitrogen and oxygen atoms in total. The molecule has 0 atom stereocenters. The van der Waals surface area contributed by atoms with Crippen LogP contribution in [0.25, 0.3) is 33.9 Å². The van der Waals surface area contributed by atoms with Crippen LogP contribution in [0.1, 0.15) is 0 Å². The fraction of sp³-hybridized carbons (Fsp3) is 0. The van der Waals surface area contributed by atoms with Crippen molar-refractivity contribution in [1.82, 2.24) is 19.6 Å². The van der Waals surface area contributed by atoms with Gasteiger partial charge in [0.05, 0.1) is 11.4 Å². The zero-order chi connectivity index (χ0) is 22.2. The summed E-state index contributed by atoms with van der Waals surface area (Å²) in [5, 5.41) is 8.78. The minimum atomic E-state index is -0.766. The number of rotatable bonds is 4. The number of para-hydroxylation sites is 2. The van der Waals surface area contributed by atoms with Gasteiger partial charge in [0.1, 0.15) is 0 Å². The van der Waals surface area contributed by atoms with Gasteiger partial charge in [0.2, 0.25) is 0 Å². The maximum Gasteiger partial charge on any atom is 2.00 e. The summed E-state index contributed by atoms with van der Waals surface area (Å²) in [5.41, 5.74) is 1.87. The first-order valence-electron chi connectivity index (χ1n) is 9.45. The minimum absolute atomic E-state index is 0. The summed E-state index contributed by atoms with van der Waals surface area (Å²) < 4.78 is 57.7. The first kappa shape index (κ1) is 22.7. The second kappa shape index (κ2) is 9.16. The fourth-order valence-corrected chi connectivity index (χ4v) is 3.32. The molecule has 0 radical (unpaired) electrons. The van der Waals surface area contributed by atoms with E-state index in [1.54, 1.807) is 48.8 Å². The van der Waals surface area contributed by atoms with Crippen molar-refractivity contribution in [2.45, 2.75) is 0 Å². The van der Waals surface area contributed by atoms with Crippen LogP contribution in [0.5, 0.6) is 0 Å². The number of hydrogen-bond donors (Lipinski definition) is 0. The molecule has 3 aromatic carbocycles. The first-order chi connectivity index (χ1) is 15.5. The third kappa shape index (κ3) is 4.39.